The third-order valence-corrected chi connectivity index (χ3v) is 4.06. The van der Waals surface area contributed by atoms with E-state index in [0.29, 0.717) is 16.7 Å². The molecule has 0 aliphatic heterocycles. The summed E-state index contributed by atoms with van der Waals surface area (Å²) in [5.41, 5.74) is 8.52. The fourth-order valence-electron chi connectivity index (χ4n) is 2.72. The molecule has 1 aromatic carbocycles. The normalized spacial score (nSPS) is 17.2. The van der Waals surface area contributed by atoms with Gasteiger partial charge in [-0.05, 0) is 36.5 Å². The molecule has 1 amide bonds. The molecule has 4 nitrogen and oxygen atoms in total. The van der Waals surface area contributed by atoms with Crippen LogP contribution in [0.1, 0.15) is 43.0 Å². The van der Waals surface area contributed by atoms with Crippen LogP contribution in [0.3, 0.4) is 0 Å². The summed E-state index contributed by atoms with van der Waals surface area (Å²) in [5.74, 6) is -0.110. The fourth-order valence-corrected chi connectivity index (χ4v) is 2.72. The molecule has 1 aliphatic carbocycles. The molecule has 2 rings (SSSR count). The van der Waals surface area contributed by atoms with E-state index in [0.717, 1.165) is 12.2 Å². The number of hydrogen-bond donors (Lipinski definition) is 3. The molecule has 1 saturated carbocycles. The standard InChI is InChI=1S/C15H23N3O/c1-15(7-3-4-8-15)10-18-13-6-5-11(9-12(13)16)14(19)17-2/h5-6,9,18H,3-4,7-8,10,16H2,1-2H3,(H,17,19). The van der Waals surface area contributed by atoms with Gasteiger partial charge in [-0.3, -0.25) is 4.79 Å². The number of nitrogens with two attached hydrogens (primary N) is 1. The van der Waals surface area contributed by atoms with Crippen LogP contribution in [0.4, 0.5) is 11.4 Å². The second-order valence-electron chi connectivity index (χ2n) is 5.75. The molecule has 0 saturated heterocycles. The van der Waals surface area contributed by atoms with Crippen molar-refractivity contribution >= 4 is 17.3 Å². The Morgan fingerprint density at radius 1 is 1.37 bits per heavy atom. The molecule has 0 aromatic heterocycles. The first-order chi connectivity index (χ1) is 9.04. The zero-order valence-electron chi connectivity index (χ0n) is 11.8. The third kappa shape index (κ3) is 3.19. The van der Waals surface area contributed by atoms with Crippen LogP contribution in [0.25, 0.3) is 0 Å². The third-order valence-electron chi connectivity index (χ3n) is 4.06. The van der Waals surface area contributed by atoms with Crippen molar-refractivity contribution in [3.63, 3.8) is 0 Å². The lowest BCUT2D eigenvalue weighted by Crippen LogP contribution is -2.23. The Balaban J connectivity index is 2.03. The van der Waals surface area contributed by atoms with Gasteiger partial charge in [-0.25, -0.2) is 0 Å². The van der Waals surface area contributed by atoms with Crippen LogP contribution in [0.2, 0.25) is 0 Å². The largest absolute Gasteiger partial charge is 0.397 e. The molecule has 0 radical (unpaired) electrons. The Hall–Kier alpha value is -1.71. The molecule has 0 unspecified atom stereocenters. The molecule has 4 heteroatoms. The number of carbonyl (C=O) groups excluding carboxylic acids is 1. The second-order valence-corrected chi connectivity index (χ2v) is 5.75. The van der Waals surface area contributed by atoms with Crippen molar-refractivity contribution in [1.29, 1.82) is 0 Å². The van der Waals surface area contributed by atoms with E-state index >= 15 is 0 Å². The van der Waals surface area contributed by atoms with Gasteiger partial charge in [0, 0.05) is 19.2 Å². The second kappa shape index (κ2) is 5.51. The Kier molecular flexibility index (Phi) is 3.98. The van der Waals surface area contributed by atoms with Crippen LogP contribution in [0.5, 0.6) is 0 Å². The predicted molar refractivity (Wildman–Crippen MR) is 79.3 cm³/mol. The number of nitrogen functional groups attached to an aromatic ring is 1. The Labute approximate surface area is 114 Å². The fraction of sp³-hybridized carbons (Fsp3) is 0.533. The van der Waals surface area contributed by atoms with E-state index in [9.17, 15) is 4.79 Å². The summed E-state index contributed by atoms with van der Waals surface area (Å²) >= 11 is 0. The van der Waals surface area contributed by atoms with Gasteiger partial charge in [0.25, 0.3) is 5.91 Å². The minimum absolute atomic E-state index is 0.110. The molecule has 19 heavy (non-hydrogen) atoms. The predicted octanol–water partition coefficient (Wildman–Crippen LogP) is 2.62. The van der Waals surface area contributed by atoms with E-state index in [4.69, 9.17) is 5.73 Å². The first-order valence-electron chi connectivity index (χ1n) is 6.90. The summed E-state index contributed by atoms with van der Waals surface area (Å²) in [5, 5.41) is 6.02. The summed E-state index contributed by atoms with van der Waals surface area (Å²) in [6.07, 6.45) is 5.19. The van der Waals surface area contributed by atoms with Gasteiger partial charge in [-0.1, -0.05) is 19.8 Å². The number of amides is 1. The maximum atomic E-state index is 11.5. The maximum absolute atomic E-state index is 11.5. The lowest BCUT2D eigenvalue weighted by Gasteiger charge is -2.25. The maximum Gasteiger partial charge on any atom is 0.251 e. The van der Waals surface area contributed by atoms with Gasteiger partial charge in [-0.15, -0.1) is 0 Å². The van der Waals surface area contributed by atoms with Crippen molar-refractivity contribution < 1.29 is 4.79 Å². The molecule has 1 aromatic rings. The molecule has 0 bridgehead atoms. The van der Waals surface area contributed by atoms with E-state index < -0.39 is 0 Å². The van der Waals surface area contributed by atoms with Crippen LogP contribution in [-0.2, 0) is 0 Å². The highest BCUT2D eigenvalue weighted by molar-refractivity contribution is 5.95. The Bertz CT molecular complexity index is 464. The van der Waals surface area contributed by atoms with E-state index in [1.807, 2.05) is 6.07 Å². The van der Waals surface area contributed by atoms with Gasteiger partial charge < -0.3 is 16.4 Å². The lowest BCUT2D eigenvalue weighted by molar-refractivity contribution is 0.0963. The van der Waals surface area contributed by atoms with Crippen LogP contribution < -0.4 is 16.4 Å². The van der Waals surface area contributed by atoms with Crippen LogP contribution in [-0.4, -0.2) is 19.5 Å². The minimum atomic E-state index is -0.110. The molecular weight excluding hydrogens is 238 g/mol. The number of rotatable bonds is 4. The van der Waals surface area contributed by atoms with Gasteiger partial charge in [-0.2, -0.15) is 0 Å². The molecule has 0 spiro atoms. The van der Waals surface area contributed by atoms with Crippen LogP contribution in [0, 0.1) is 5.41 Å². The minimum Gasteiger partial charge on any atom is -0.397 e. The molecule has 4 N–H and O–H groups in total. The topological polar surface area (TPSA) is 67.2 Å². The van der Waals surface area contributed by atoms with Gasteiger partial charge in [0.05, 0.1) is 11.4 Å². The molecule has 1 fully saturated rings. The number of benzene rings is 1. The molecule has 0 heterocycles. The molecule has 104 valence electrons. The number of nitrogens with one attached hydrogen (secondary N) is 2. The summed E-state index contributed by atoms with van der Waals surface area (Å²) in [6.45, 7) is 3.26. The highest BCUT2D eigenvalue weighted by Gasteiger charge is 2.28. The Morgan fingerprint density at radius 2 is 2.05 bits per heavy atom. The summed E-state index contributed by atoms with van der Waals surface area (Å²) in [4.78, 5) is 11.5. The van der Waals surface area contributed by atoms with Crippen molar-refractivity contribution in [3.05, 3.63) is 23.8 Å². The Morgan fingerprint density at radius 3 is 2.63 bits per heavy atom. The van der Waals surface area contributed by atoms with Crippen molar-refractivity contribution in [2.75, 3.05) is 24.6 Å². The quantitative estimate of drug-likeness (QED) is 0.730. The van der Waals surface area contributed by atoms with Gasteiger partial charge in [0.1, 0.15) is 0 Å². The zero-order chi connectivity index (χ0) is 13.9. The van der Waals surface area contributed by atoms with Crippen molar-refractivity contribution in [2.24, 2.45) is 5.41 Å². The van der Waals surface area contributed by atoms with Crippen molar-refractivity contribution in [2.45, 2.75) is 32.6 Å². The molecule has 0 atom stereocenters. The van der Waals surface area contributed by atoms with Crippen LogP contribution in [0.15, 0.2) is 18.2 Å². The average molecular weight is 261 g/mol. The summed E-state index contributed by atoms with van der Waals surface area (Å²) < 4.78 is 0. The van der Waals surface area contributed by atoms with E-state index in [1.54, 1.807) is 19.2 Å². The van der Waals surface area contributed by atoms with Crippen LogP contribution >= 0.6 is 0 Å². The smallest absolute Gasteiger partial charge is 0.251 e. The zero-order valence-corrected chi connectivity index (χ0v) is 11.8. The lowest BCUT2D eigenvalue weighted by atomic mass is 9.89. The monoisotopic (exact) mass is 261 g/mol. The SMILES string of the molecule is CNC(=O)c1ccc(NCC2(C)CCCC2)c(N)c1. The highest BCUT2D eigenvalue weighted by atomic mass is 16.1. The summed E-state index contributed by atoms with van der Waals surface area (Å²) in [6, 6.07) is 5.41. The van der Waals surface area contributed by atoms with Gasteiger partial charge in [0.2, 0.25) is 0 Å². The van der Waals surface area contributed by atoms with Gasteiger partial charge >= 0.3 is 0 Å². The number of carbonyl (C=O) groups is 1. The first-order valence-corrected chi connectivity index (χ1v) is 6.90. The van der Waals surface area contributed by atoms with Crippen molar-refractivity contribution in [3.8, 4) is 0 Å². The number of anilines is 2. The average Bonchev–Trinajstić information content (AvgIpc) is 2.83. The first kappa shape index (κ1) is 13.7. The van der Waals surface area contributed by atoms with E-state index in [1.165, 1.54) is 25.7 Å². The van der Waals surface area contributed by atoms with Crippen molar-refractivity contribution in [1.82, 2.24) is 5.32 Å². The van der Waals surface area contributed by atoms with E-state index in [-0.39, 0.29) is 5.91 Å². The summed E-state index contributed by atoms with van der Waals surface area (Å²) in [7, 11) is 1.62. The molecule has 1 aliphatic rings. The molecular formula is C15H23N3O. The van der Waals surface area contributed by atoms with E-state index in [2.05, 4.69) is 17.6 Å². The van der Waals surface area contributed by atoms with Gasteiger partial charge in [0.15, 0.2) is 0 Å². The number of hydrogen-bond acceptors (Lipinski definition) is 3. The highest BCUT2D eigenvalue weighted by Crippen LogP contribution is 2.37.